The zero-order valence-corrected chi connectivity index (χ0v) is 18.2. The number of para-hydroxylation sites is 1. The zero-order chi connectivity index (χ0) is 22.9. The SMILES string of the molecule is CCc1ccc(C2/C(=C(/O)c3ccc4ccccc4c3)C(=O)C(=O)N2c2ccccc2)cc1. The van der Waals surface area contributed by atoms with Crippen molar-refractivity contribution < 1.29 is 14.7 Å². The number of nitrogens with zero attached hydrogens (tertiary/aromatic N) is 1. The number of aliphatic hydroxyl groups is 1. The second-order valence-corrected chi connectivity index (χ2v) is 8.16. The van der Waals surface area contributed by atoms with Crippen molar-refractivity contribution in [2.45, 2.75) is 19.4 Å². The van der Waals surface area contributed by atoms with Gasteiger partial charge in [0.15, 0.2) is 0 Å². The van der Waals surface area contributed by atoms with Crippen molar-refractivity contribution in [1.29, 1.82) is 0 Å². The Labute approximate surface area is 192 Å². The molecule has 1 N–H and O–H groups in total. The molecule has 1 atom stereocenters. The summed E-state index contributed by atoms with van der Waals surface area (Å²) >= 11 is 0. The van der Waals surface area contributed by atoms with Gasteiger partial charge in [0.25, 0.3) is 11.7 Å². The van der Waals surface area contributed by atoms with E-state index in [2.05, 4.69) is 6.92 Å². The van der Waals surface area contributed by atoms with E-state index in [1.807, 2.05) is 78.9 Å². The molecule has 1 aliphatic rings. The fourth-order valence-corrected chi connectivity index (χ4v) is 4.43. The Morgan fingerprint density at radius 2 is 1.48 bits per heavy atom. The topological polar surface area (TPSA) is 57.6 Å². The summed E-state index contributed by atoms with van der Waals surface area (Å²) in [5, 5.41) is 13.3. The zero-order valence-electron chi connectivity index (χ0n) is 18.2. The van der Waals surface area contributed by atoms with Crippen molar-refractivity contribution in [2.24, 2.45) is 0 Å². The van der Waals surface area contributed by atoms with Gasteiger partial charge in [0.2, 0.25) is 0 Å². The summed E-state index contributed by atoms with van der Waals surface area (Å²) in [4.78, 5) is 27.9. The van der Waals surface area contributed by atoms with E-state index in [0.717, 1.165) is 28.3 Å². The molecule has 1 fully saturated rings. The van der Waals surface area contributed by atoms with Crippen LogP contribution >= 0.6 is 0 Å². The van der Waals surface area contributed by atoms with Crippen molar-refractivity contribution in [1.82, 2.24) is 0 Å². The number of aliphatic hydroxyl groups excluding tert-OH is 1. The minimum Gasteiger partial charge on any atom is -0.507 e. The number of hydrogen-bond acceptors (Lipinski definition) is 3. The van der Waals surface area contributed by atoms with E-state index < -0.39 is 17.7 Å². The van der Waals surface area contributed by atoms with Crippen LogP contribution in [0.1, 0.15) is 29.7 Å². The van der Waals surface area contributed by atoms with Crippen LogP contribution in [0.5, 0.6) is 0 Å². The Balaban J connectivity index is 1.71. The Morgan fingerprint density at radius 3 is 2.18 bits per heavy atom. The van der Waals surface area contributed by atoms with Crippen LogP contribution in [-0.4, -0.2) is 16.8 Å². The molecule has 0 spiro atoms. The van der Waals surface area contributed by atoms with Gasteiger partial charge < -0.3 is 5.11 Å². The fourth-order valence-electron chi connectivity index (χ4n) is 4.43. The number of rotatable bonds is 4. The first-order valence-electron chi connectivity index (χ1n) is 11.0. The summed E-state index contributed by atoms with van der Waals surface area (Å²) in [5.41, 5.74) is 3.16. The van der Waals surface area contributed by atoms with Gasteiger partial charge in [-0.25, -0.2) is 0 Å². The Kier molecular flexibility index (Phi) is 5.27. The molecule has 4 nitrogen and oxygen atoms in total. The van der Waals surface area contributed by atoms with Gasteiger partial charge in [0.05, 0.1) is 11.6 Å². The van der Waals surface area contributed by atoms with Crippen molar-refractivity contribution in [3.8, 4) is 0 Å². The number of aryl methyl sites for hydroxylation is 1. The highest BCUT2D eigenvalue weighted by molar-refractivity contribution is 6.51. The third-order valence-electron chi connectivity index (χ3n) is 6.21. The molecule has 0 aromatic heterocycles. The first-order chi connectivity index (χ1) is 16.1. The number of carbonyl (C=O) groups is 2. The van der Waals surface area contributed by atoms with Crippen LogP contribution in [0.2, 0.25) is 0 Å². The minimum atomic E-state index is -0.718. The van der Waals surface area contributed by atoms with E-state index in [9.17, 15) is 14.7 Å². The third kappa shape index (κ3) is 3.60. The quantitative estimate of drug-likeness (QED) is 0.243. The normalized spacial score (nSPS) is 17.6. The molecule has 0 radical (unpaired) electrons. The molecule has 5 rings (SSSR count). The lowest BCUT2D eigenvalue weighted by molar-refractivity contribution is -0.132. The number of Topliss-reactive ketones (excluding diaryl/α,β-unsaturated/α-hetero) is 1. The lowest BCUT2D eigenvalue weighted by Crippen LogP contribution is -2.29. The molecule has 0 bridgehead atoms. The van der Waals surface area contributed by atoms with E-state index in [0.29, 0.717) is 11.3 Å². The van der Waals surface area contributed by atoms with Crippen LogP contribution in [0.25, 0.3) is 16.5 Å². The number of fused-ring (bicyclic) bond motifs is 1. The van der Waals surface area contributed by atoms with Gasteiger partial charge in [-0.05, 0) is 46.5 Å². The molecule has 4 aromatic rings. The monoisotopic (exact) mass is 433 g/mol. The van der Waals surface area contributed by atoms with Crippen LogP contribution in [0.4, 0.5) is 5.69 Å². The van der Waals surface area contributed by atoms with Gasteiger partial charge in [-0.15, -0.1) is 0 Å². The molecule has 1 heterocycles. The molecule has 4 aromatic carbocycles. The maximum Gasteiger partial charge on any atom is 0.300 e. The predicted molar refractivity (Wildman–Crippen MR) is 131 cm³/mol. The molecule has 1 unspecified atom stereocenters. The molecule has 0 aliphatic carbocycles. The number of ketones is 1. The van der Waals surface area contributed by atoms with Crippen LogP contribution in [0.15, 0.2) is 103 Å². The number of anilines is 1. The highest BCUT2D eigenvalue weighted by Gasteiger charge is 2.46. The first-order valence-corrected chi connectivity index (χ1v) is 11.0. The molecular formula is C29H23NO3. The third-order valence-corrected chi connectivity index (χ3v) is 6.21. The van der Waals surface area contributed by atoms with E-state index in [4.69, 9.17) is 0 Å². The molecule has 1 amide bonds. The summed E-state index contributed by atoms with van der Waals surface area (Å²) in [7, 11) is 0. The van der Waals surface area contributed by atoms with Crippen LogP contribution in [0.3, 0.4) is 0 Å². The first kappa shape index (κ1) is 20.7. The lowest BCUT2D eigenvalue weighted by atomic mass is 9.93. The van der Waals surface area contributed by atoms with Gasteiger partial charge in [0.1, 0.15) is 5.76 Å². The molecule has 33 heavy (non-hydrogen) atoms. The van der Waals surface area contributed by atoms with Crippen molar-refractivity contribution in [3.63, 3.8) is 0 Å². The van der Waals surface area contributed by atoms with Crippen LogP contribution in [0, 0.1) is 0 Å². The molecule has 1 aliphatic heterocycles. The summed E-state index contributed by atoms with van der Waals surface area (Å²) < 4.78 is 0. The molecular weight excluding hydrogens is 410 g/mol. The number of benzene rings is 4. The number of hydrogen-bond donors (Lipinski definition) is 1. The van der Waals surface area contributed by atoms with E-state index >= 15 is 0 Å². The molecule has 0 saturated carbocycles. The second-order valence-electron chi connectivity index (χ2n) is 8.16. The maximum atomic E-state index is 13.3. The summed E-state index contributed by atoms with van der Waals surface area (Å²) in [6, 6.07) is 29.6. The Hall–Kier alpha value is -4.18. The smallest absolute Gasteiger partial charge is 0.300 e. The van der Waals surface area contributed by atoms with Gasteiger partial charge in [0, 0.05) is 11.3 Å². The minimum absolute atomic E-state index is 0.100. The molecule has 162 valence electrons. The van der Waals surface area contributed by atoms with Gasteiger partial charge in [-0.3, -0.25) is 14.5 Å². The molecule has 1 saturated heterocycles. The Bertz CT molecular complexity index is 1390. The molecule has 4 heteroatoms. The highest BCUT2D eigenvalue weighted by Crippen LogP contribution is 2.42. The summed E-state index contributed by atoms with van der Waals surface area (Å²) in [5.74, 6) is -1.50. The van der Waals surface area contributed by atoms with Gasteiger partial charge in [-0.1, -0.05) is 85.8 Å². The van der Waals surface area contributed by atoms with Crippen molar-refractivity contribution in [2.75, 3.05) is 4.90 Å². The van der Waals surface area contributed by atoms with Gasteiger partial charge >= 0.3 is 0 Å². The fraction of sp³-hybridized carbons (Fsp3) is 0.103. The van der Waals surface area contributed by atoms with Crippen molar-refractivity contribution in [3.05, 3.63) is 119 Å². The number of carbonyl (C=O) groups excluding carboxylic acids is 2. The Morgan fingerprint density at radius 1 is 0.818 bits per heavy atom. The average molecular weight is 434 g/mol. The number of amides is 1. The van der Waals surface area contributed by atoms with E-state index in [1.165, 1.54) is 4.90 Å². The van der Waals surface area contributed by atoms with Crippen LogP contribution in [-0.2, 0) is 16.0 Å². The average Bonchev–Trinajstić information content (AvgIpc) is 3.14. The van der Waals surface area contributed by atoms with Gasteiger partial charge in [-0.2, -0.15) is 0 Å². The highest BCUT2D eigenvalue weighted by atomic mass is 16.3. The van der Waals surface area contributed by atoms with E-state index in [1.54, 1.807) is 18.2 Å². The van der Waals surface area contributed by atoms with Crippen LogP contribution < -0.4 is 4.90 Å². The second kappa shape index (κ2) is 8.40. The maximum absolute atomic E-state index is 13.3. The summed E-state index contributed by atoms with van der Waals surface area (Å²) in [6.07, 6.45) is 0.885. The van der Waals surface area contributed by atoms with E-state index in [-0.39, 0.29) is 11.3 Å². The lowest BCUT2D eigenvalue weighted by Gasteiger charge is -2.25. The standard InChI is InChI=1S/C29H23NO3/c1-2-19-12-14-21(15-13-19)26-25(28(32)29(33)30(26)24-10-4-3-5-11-24)27(31)23-17-16-20-8-6-7-9-22(20)18-23/h3-18,26,31H,2H2,1H3/b27-25-. The largest absolute Gasteiger partial charge is 0.507 e. The van der Waals surface area contributed by atoms with Crippen molar-refractivity contribution >= 4 is 33.9 Å². The summed E-state index contributed by atoms with van der Waals surface area (Å²) in [6.45, 7) is 2.07. The predicted octanol–water partition coefficient (Wildman–Crippen LogP) is 6.03.